The second-order valence-corrected chi connectivity index (χ2v) is 7.26. The molecule has 3 aromatic heterocycles. The molecule has 1 aliphatic carbocycles. The summed E-state index contributed by atoms with van der Waals surface area (Å²) < 4.78 is 0. The normalized spacial score (nSPS) is 18.2. The van der Waals surface area contributed by atoms with Crippen molar-refractivity contribution in [3.8, 4) is 23.4 Å². The quantitative estimate of drug-likeness (QED) is 0.455. The van der Waals surface area contributed by atoms with Crippen LogP contribution in [0.15, 0.2) is 48.9 Å². The fourth-order valence-corrected chi connectivity index (χ4v) is 3.53. The number of aliphatic hydroxyl groups is 1. The summed E-state index contributed by atoms with van der Waals surface area (Å²) in [6, 6.07) is 9.60. The first-order chi connectivity index (χ1) is 14.7. The number of hydrogen-bond donors (Lipinski definition) is 3. The van der Waals surface area contributed by atoms with E-state index in [9.17, 15) is 5.11 Å². The standard InChI is InChI=1S/C22H19N7O/c30-18-5-4-17(12-18)27-22-24-10-8-20(28-22)21-23-9-7-16(26-21)3-1-14-2-6-19-15(11-14)13-25-29-19/h2,6-11,13,17-18,30H,4-5,12H2,(H,25,29)(H,24,27,28)/t17-,18-/m1/s1. The van der Waals surface area contributed by atoms with Crippen molar-refractivity contribution in [3.63, 3.8) is 0 Å². The molecule has 1 aliphatic rings. The lowest BCUT2D eigenvalue weighted by molar-refractivity contribution is 0.182. The molecule has 8 nitrogen and oxygen atoms in total. The summed E-state index contributed by atoms with van der Waals surface area (Å²) in [7, 11) is 0. The zero-order valence-corrected chi connectivity index (χ0v) is 16.1. The summed E-state index contributed by atoms with van der Waals surface area (Å²) in [5.41, 5.74) is 3.09. The fourth-order valence-electron chi connectivity index (χ4n) is 3.53. The minimum atomic E-state index is -0.251. The van der Waals surface area contributed by atoms with E-state index in [1.54, 1.807) is 30.7 Å². The molecule has 8 heteroatoms. The van der Waals surface area contributed by atoms with Crippen molar-refractivity contribution in [2.45, 2.75) is 31.4 Å². The predicted molar refractivity (Wildman–Crippen MR) is 112 cm³/mol. The van der Waals surface area contributed by atoms with Crippen LogP contribution in [0.25, 0.3) is 22.4 Å². The second kappa shape index (κ2) is 7.89. The molecule has 1 saturated carbocycles. The Morgan fingerprint density at radius 2 is 1.97 bits per heavy atom. The van der Waals surface area contributed by atoms with Crippen molar-refractivity contribution in [1.29, 1.82) is 0 Å². The first kappa shape index (κ1) is 18.2. The van der Waals surface area contributed by atoms with Crippen LogP contribution in [0.4, 0.5) is 5.95 Å². The maximum Gasteiger partial charge on any atom is 0.223 e. The summed E-state index contributed by atoms with van der Waals surface area (Å²) in [4.78, 5) is 17.7. The molecule has 5 rings (SSSR count). The minimum Gasteiger partial charge on any atom is -0.393 e. The highest BCUT2D eigenvalue weighted by Crippen LogP contribution is 2.22. The van der Waals surface area contributed by atoms with Gasteiger partial charge in [0.1, 0.15) is 11.4 Å². The van der Waals surface area contributed by atoms with E-state index in [0.29, 0.717) is 29.6 Å². The molecule has 1 fully saturated rings. The maximum absolute atomic E-state index is 9.70. The van der Waals surface area contributed by atoms with E-state index >= 15 is 0 Å². The molecule has 0 saturated heterocycles. The number of nitrogens with one attached hydrogen (secondary N) is 2. The van der Waals surface area contributed by atoms with E-state index in [0.717, 1.165) is 29.3 Å². The van der Waals surface area contributed by atoms with Crippen LogP contribution >= 0.6 is 0 Å². The van der Waals surface area contributed by atoms with Crippen molar-refractivity contribution in [2.75, 3.05) is 5.32 Å². The summed E-state index contributed by atoms with van der Waals surface area (Å²) in [5.74, 6) is 7.23. The van der Waals surface area contributed by atoms with Crippen molar-refractivity contribution in [2.24, 2.45) is 0 Å². The Hall–Kier alpha value is -3.83. The second-order valence-electron chi connectivity index (χ2n) is 7.26. The third kappa shape index (κ3) is 3.97. The number of benzene rings is 1. The molecule has 0 spiro atoms. The van der Waals surface area contributed by atoms with E-state index < -0.39 is 0 Å². The smallest absolute Gasteiger partial charge is 0.223 e. The Morgan fingerprint density at radius 1 is 1.03 bits per heavy atom. The first-order valence-electron chi connectivity index (χ1n) is 9.79. The number of nitrogens with zero attached hydrogens (tertiary/aromatic N) is 5. The zero-order chi connectivity index (χ0) is 20.3. The highest BCUT2D eigenvalue weighted by Gasteiger charge is 2.23. The molecule has 0 amide bonds. The molecule has 0 aliphatic heterocycles. The van der Waals surface area contributed by atoms with Gasteiger partial charge in [0.2, 0.25) is 5.95 Å². The highest BCUT2D eigenvalue weighted by molar-refractivity contribution is 5.79. The number of fused-ring (bicyclic) bond motifs is 1. The van der Waals surface area contributed by atoms with Crippen molar-refractivity contribution < 1.29 is 5.11 Å². The summed E-state index contributed by atoms with van der Waals surface area (Å²) >= 11 is 0. The Kier molecular flexibility index (Phi) is 4.79. The number of anilines is 1. The lowest BCUT2D eigenvalue weighted by atomic mass is 10.1. The minimum absolute atomic E-state index is 0.181. The lowest BCUT2D eigenvalue weighted by Crippen LogP contribution is -2.18. The molecule has 3 N–H and O–H groups in total. The number of aliphatic hydroxyl groups excluding tert-OH is 1. The Bertz CT molecular complexity index is 1260. The van der Waals surface area contributed by atoms with Gasteiger partial charge in [-0.05, 0) is 55.5 Å². The van der Waals surface area contributed by atoms with Crippen molar-refractivity contribution >= 4 is 16.9 Å². The number of H-pyrrole nitrogens is 1. The predicted octanol–water partition coefficient (Wildman–Crippen LogP) is 2.54. The third-order valence-electron chi connectivity index (χ3n) is 5.05. The van der Waals surface area contributed by atoms with Crippen LogP contribution in [-0.2, 0) is 0 Å². The molecule has 0 radical (unpaired) electrons. The number of aromatic nitrogens is 6. The maximum atomic E-state index is 9.70. The lowest BCUT2D eigenvalue weighted by Gasteiger charge is -2.12. The van der Waals surface area contributed by atoms with Crippen molar-refractivity contribution in [1.82, 2.24) is 30.1 Å². The molecule has 148 valence electrons. The van der Waals surface area contributed by atoms with E-state index in [1.165, 1.54) is 0 Å². The Morgan fingerprint density at radius 3 is 2.87 bits per heavy atom. The number of aromatic amines is 1. The van der Waals surface area contributed by atoms with Gasteiger partial charge < -0.3 is 10.4 Å². The number of rotatable bonds is 3. The van der Waals surface area contributed by atoms with Crippen LogP contribution in [-0.4, -0.2) is 47.4 Å². The summed E-state index contributed by atoms with van der Waals surface area (Å²) in [5, 5.41) is 20.9. The molecule has 2 atom stereocenters. The molecule has 30 heavy (non-hydrogen) atoms. The fraction of sp³-hybridized carbons (Fsp3) is 0.227. The first-order valence-corrected chi connectivity index (χ1v) is 9.79. The van der Waals surface area contributed by atoms with Crippen LogP contribution in [0.3, 0.4) is 0 Å². The van der Waals surface area contributed by atoms with E-state index in [-0.39, 0.29) is 12.1 Å². The average molecular weight is 397 g/mol. The van der Waals surface area contributed by atoms with E-state index in [2.05, 4.69) is 47.3 Å². The Balaban J connectivity index is 1.37. The highest BCUT2D eigenvalue weighted by atomic mass is 16.3. The van der Waals surface area contributed by atoms with Gasteiger partial charge in [-0.3, -0.25) is 5.10 Å². The molecule has 0 unspecified atom stereocenters. The molecular weight excluding hydrogens is 378 g/mol. The van der Waals surface area contributed by atoms with Gasteiger partial charge in [-0.2, -0.15) is 5.10 Å². The van der Waals surface area contributed by atoms with Gasteiger partial charge in [-0.15, -0.1) is 0 Å². The van der Waals surface area contributed by atoms with Crippen LogP contribution in [0.2, 0.25) is 0 Å². The summed E-state index contributed by atoms with van der Waals surface area (Å²) in [6.07, 6.45) is 7.29. The largest absolute Gasteiger partial charge is 0.393 e. The number of hydrogen-bond acceptors (Lipinski definition) is 7. The average Bonchev–Trinajstić information content (AvgIpc) is 3.41. The van der Waals surface area contributed by atoms with Gasteiger partial charge in [0.05, 0.1) is 17.8 Å². The van der Waals surface area contributed by atoms with Crippen LogP contribution < -0.4 is 5.32 Å². The molecule has 4 aromatic rings. The van der Waals surface area contributed by atoms with Gasteiger partial charge >= 0.3 is 0 Å². The third-order valence-corrected chi connectivity index (χ3v) is 5.05. The SMILES string of the molecule is O[C@@H]1CC[C@@H](Nc2nccc(-c3nccc(C#Cc4ccc5[nH]ncc5c4)n3)n2)C1. The zero-order valence-electron chi connectivity index (χ0n) is 16.1. The molecule has 1 aromatic carbocycles. The van der Waals surface area contributed by atoms with Crippen LogP contribution in [0, 0.1) is 11.8 Å². The van der Waals surface area contributed by atoms with Gasteiger partial charge in [-0.25, -0.2) is 19.9 Å². The van der Waals surface area contributed by atoms with Gasteiger partial charge in [-0.1, -0.05) is 5.92 Å². The van der Waals surface area contributed by atoms with Gasteiger partial charge in [0.15, 0.2) is 5.82 Å². The van der Waals surface area contributed by atoms with Crippen LogP contribution in [0.1, 0.15) is 30.5 Å². The monoisotopic (exact) mass is 397 g/mol. The molecular formula is C22H19N7O. The van der Waals surface area contributed by atoms with E-state index in [4.69, 9.17) is 0 Å². The summed E-state index contributed by atoms with van der Waals surface area (Å²) in [6.45, 7) is 0. The van der Waals surface area contributed by atoms with Crippen LogP contribution in [0.5, 0.6) is 0 Å². The molecule has 0 bridgehead atoms. The van der Waals surface area contributed by atoms with Crippen molar-refractivity contribution in [3.05, 3.63) is 60.2 Å². The van der Waals surface area contributed by atoms with Gasteiger partial charge in [0, 0.05) is 29.4 Å². The molecule has 3 heterocycles. The Labute approximate surface area is 172 Å². The van der Waals surface area contributed by atoms with Gasteiger partial charge in [0.25, 0.3) is 0 Å². The van der Waals surface area contributed by atoms with E-state index in [1.807, 2.05) is 18.2 Å². The topological polar surface area (TPSA) is 112 Å².